The fourth-order valence-electron chi connectivity index (χ4n) is 4.00. The summed E-state index contributed by atoms with van der Waals surface area (Å²) in [4.78, 5) is 78.2. The number of carbonyl (C=O) groups is 7. The van der Waals surface area contributed by atoms with Crippen molar-refractivity contribution in [1.29, 1.82) is 0 Å². The van der Waals surface area contributed by atoms with Gasteiger partial charge in [0.15, 0.2) is 0 Å². The predicted octanol–water partition coefficient (Wildman–Crippen LogP) is 1.64. The van der Waals surface area contributed by atoms with Gasteiger partial charge in [0.25, 0.3) is 0 Å². The molecule has 0 spiro atoms. The van der Waals surface area contributed by atoms with E-state index >= 15 is 0 Å². The van der Waals surface area contributed by atoms with Crippen molar-refractivity contribution < 1.29 is 59.4 Å². The number of rotatable bonds is 28. The molecule has 0 rings (SSSR count). The number of carbonyl (C=O) groups excluding carboxylic acids is 5. The molecule has 0 aliphatic heterocycles. The van der Waals surface area contributed by atoms with Crippen molar-refractivity contribution in [3.05, 3.63) is 0 Å². The fourth-order valence-corrected chi connectivity index (χ4v) is 4.00. The van der Waals surface area contributed by atoms with Crippen molar-refractivity contribution in [2.24, 2.45) is 5.73 Å². The smallest absolute Gasteiger partial charge is 0.303 e. The summed E-state index contributed by atoms with van der Waals surface area (Å²) in [5.41, 5.74) is 5.39. The molecule has 0 aromatic rings. The summed E-state index contributed by atoms with van der Waals surface area (Å²) in [6.07, 6.45) is 6.85. The summed E-state index contributed by atoms with van der Waals surface area (Å²) in [5, 5.41) is 52.3. The van der Waals surface area contributed by atoms with E-state index < -0.39 is 29.7 Å². The lowest BCUT2D eigenvalue weighted by Crippen LogP contribution is -2.31. The Morgan fingerprint density at radius 2 is 0.857 bits per heavy atom. The van der Waals surface area contributed by atoms with Crippen LogP contribution in [-0.4, -0.2) is 122 Å². The summed E-state index contributed by atoms with van der Waals surface area (Å²) in [5.74, 6) is -3.79. The van der Waals surface area contributed by atoms with Crippen molar-refractivity contribution in [2.75, 3.05) is 39.3 Å². The molecular weight excluding hydrogens is 648 g/mol. The molecule has 0 aromatic carbocycles. The van der Waals surface area contributed by atoms with Gasteiger partial charge in [0.05, 0.1) is 0 Å². The Hall–Kier alpha value is -3.87. The number of aliphatic carboxylic acids is 2. The van der Waals surface area contributed by atoms with Gasteiger partial charge in [-0.3, -0.25) is 49.2 Å². The zero-order chi connectivity index (χ0) is 37.5. The third kappa shape index (κ3) is 32.5. The molecule has 0 aromatic heterocycles. The lowest BCUT2D eigenvalue weighted by molar-refractivity contribution is -0.166. The van der Waals surface area contributed by atoms with Gasteiger partial charge >= 0.3 is 11.9 Å². The third-order valence-electron chi connectivity index (χ3n) is 6.91. The first-order valence-electron chi connectivity index (χ1n) is 16.8. The lowest BCUT2D eigenvalue weighted by Gasteiger charge is -2.15. The minimum atomic E-state index is -0.870. The maximum Gasteiger partial charge on any atom is 0.303 e. The maximum atomic E-state index is 12.0. The average molecular weight is 707 g/mol. The molecule has 49 heavy (non-hydrogen) atoms. The van der Waals surface area contributed by atoms with Gasteiger partial charge in [-0.25, -0.2) is 15.2 Å². The Kier molecular flexibility index (Phi) is 30.3. The highest BCUT2D eigenvalue weighted by Crippen LogP contribution is 2.03. The van der Waals surface area contributed by atoms with Crippen LogP contribution >= 0.6 is 0 Å². The standard InChI is InChI=1S/C25H48N6O8.C6H10O4/c1-21(32)29(37)18-9-3-6-16-27-22(33)12-14-25(36)31(39)20-10-4-7-17-28-23(34)11-13-24(35)30(38)19-8-2-5-15-26;7-5(8)3-1-2-4-6(9)10/h37-39H,2-20,26H2,1H3,(H,27,33)(H,28,34);1-4H2,(H,7,8)(H,9,10). The number of unbranched alkanes of at least 4 members (excludes halogenated alkanes) is 7. The first kappa shape index (κ1) is 47.2. The molecule has 18 heteroatoms. The largest absolute Gasteiger partial charge is 0.481 e. The fraction of sp³-hybridized carbons (Fsp3) is 0.774. The van der Waals surface area contributed by atoms with Crippen molar-refractivity contribution in [2.45, 2.75) is 116 Å². The number of hydroxylamine groups is 6. The number of carboxylic acid groups (broad SMARTS) is 2. The third-order valence-corrected chi connectivity index (χ3v) is 6.91. The van der Waals surface area contributed by atoms with Crippen LogP contribution in [0.5, 0.6) is 0 Å². The number of nitrogens with two attached hydrogens (primary N) is 1. The molecule has 0 bridgehead atoms. The quantitative estimate of drug-likeness (QED) is 0.0327. The normalized spacial score (nSPS) is 10.3. The Balaban J connectivity index is 0. The topological polar surface area (TPSA) is 280 Å². The van der Waals surface area contributed by atoms with E-state index in [0.717, 1.165) is 19.3 Å². The van der Waals surface area contributed by atoms with Gasteiger partial charge < -0.3 is 26.6 Å². The molecule has 9 N–H and O–H groups in total. The highest BCUT2D eigenvalue weighted by molar-refractivity contribution is 5.83. The Bertz CT molecular complexity index is 969. The summed E-state index contributed by atoms with van der Waals surface area (Å²) < 4.78 is 0. The lowest BCUT2D eigenvalue weighted by atomic mass is 10.2. The van der Waals surface area contributed by atoms with E-state index in [0.29, 0.717) is 86.2 Å². The zero-order valence-corrected chi connectivity index (χ0v) is 28.8. The van der Waals surface area contributed by atoms with Gasteiger partial charge in [-0.1, -0.05) is 6.42 Å². The number of carboxylic acids is 2. The number of hydrogen-bond acceptors (Lipinski definition) is 11. The molecule has 0 unspecified atom stereocenters. The van der Waals surface area contributed by atoms with Crippen LogP contribution in [0.1, 0.15) is 116 Å². The van der Waals surface area contributed by atoms with E-state index in [2.05, 4.69) is 10.6 Å². The summed E-state index contributed by atoms with van der Waals surface area (Å²) >= 11 is 0. The molecule has 0 heterocycles. The molecule has 5 amide bonds. The summed E-state index contributed by atoms with van der Waals surface area (Å²) in [6, 6.07) is 0. The van der Waals surface area contributed by atoms with Crippen LogP contribution < -0.4 is 16.4 Å². The second-order valence-electron chi connectivity index (χ2n) is 11.3. The molecule has 0 fully saturated rings. The van der Waals surface area contributed by atoms with Gasteiger partial charge in [-0.2, -0.15) is 0 Å². The Morgan fingerprint density at radius 3 is 1.20 bits per heavy atom. The van der Waals surface area contributed by atoms with Crippen LogP contribution in [0.3, 0.4) is 0 Å². The molecule has 0 aliphatic carbocycles. The average Bonchev–Trinajstić information content (AvgIpc) is 3.05. The van der Waals surface area contributed by atoms with E-state index in [4.69, 9.17) is 15.9 Å². The van der Waals surface area contributed by atoms with E-state index in [-0.39, 0.29) is 70.0 Å². The zero-order valence-electron chi connectivity index (χ0n) is 28.8. The van der Waals surface area contributed by atoms with Crippen LogP contribution in [0.15, 0.2) is 0 Å². The van der Waals surface area contributed by atoms with Gasteiger partial charge in [0.2, 0.25) is 29.5 Å². The van der Waals surface area contributed by atoms with Crippen molar-refractivity contribution in [3.8, 4) is 0 Å². The molecule has 284 valence electrons. The van der Waals surface area contributed by atoms with Crippen LogP contribution in [0, 0.1) is 0 Å². The Labute approximate surface area is 287 Å². The minimum absolute atomic E-state index is 0.0191. The van der Waals surface area contributed by atoms with Crippen LogP contribution in [0.25, 0.3) is 0 Å². The number of amides is 5. The number of nitrogens with zero attached hydrogens (tertiary/aromatic N) is 3. The number of hydrogen-bond donors (Lipinski definition) is 8. The molecule has 0 saturated heterocycles. The van der Waals surface area contributed by atoms with Gasteiger partial charge in [-0.15, -0.1) is 0 Å². The van der Waals surface area contributed by atoms with E-state index in [1.165, 1.54) is 6.92 Å². The van der Waals surface area contributed by atoms with Crippen molar-refractivity contribution in [3.63, 3.8) is 0 Å². The monoisotopic (exact) mass is 706 g/mol. The van der Waals surface area contributed by atoms with E-state index in [9.17, 15) is 49.2 Å². The first-order chi connectivity index (χ1) is 23.2. The molecule has 18 nitrogen and oxygen atoms in total. The second kappa shape index (κ2) is 31.4. The summed E-state index contributed by atoms with van der Waals surface area (Å²) in [7, 11) is 0. The van der Waals surface area contributed by atoms with E-state index in [1.54, 1.807) is 0 Å². The second-order valence-corrected chi connectivity index (χ2v) is 11.3. The molecule has 0 atom stereocenters. The molecule has 0 radical (unpaired) electrons. The highest BCUT2D eigenvalue weighted by Gasteiger charge is 2.14. The van der Waals surface area contributed by atoms with E-state index in [1.807, 2.05) is 0 Å². The predicted molar refractivity (Wildman–Crippen MR) is 175 cm³/mol. The van der Waals surface area contributed by atoms with Gasteiger partial charge in [-0.05, 0) is 70.8 Å². The van der Waals surface area contributed by atoms with Crippen molar-refractivity contribution in [1.82, 2.24) is 25.8 Å². The van der Waals surface area contributed by atoms with Crippen molar-refractivity contribution >= 4 is 41.5 Å². The Morgan fingerprint density at radius 1 is 0.490 bits per heavy atom. The SMILES string of the molecule is CC(=O)N(O)CCCCCNC(=O)CCC(=O)N(O)CCCCCNC(=O)CCC(=O)N(O)CCCCCN.O=C(O)CCCCC(=O)O. The maximum absolute atomic E-state index is 12.0. The van der Waals surface area contributed by atoms with Crippen LogP contribution in [-0.2, 0) is 33.6 Å². The van der Waals surface area contributed by atoms with Crippen LogP contribution in [0.2, 0.25) is 0 Å². The molecular formula is C31H58N6O12. The minimum Gasteiger partial charge on any atom is -0.481 e. The molecule has 0 aliphatic rings. The number of nitrogens with one attached hydrogen (secondary N) is 2. The van der Waals surface area contributed by atoms with Crippen LogP contribution in [0.4, 0.5) is 0 Å². The summed E-state index contributed by atoms with van der Waals surface area (Å²) in [6.45, 7) is 3.22. The van der Waals surface area contributed by atoms with Gasteiger partial charge in [0, 0.05) is 78.2 Å². The molecule has 0 saturated carbocycles. The van der Waals surface area contributed by atoms with Gasteiger partial charge in [0.1, 0.15) is 0 Å². The first-order valence-corrected chi connectivity index (χ1v) is 16.8. The highest BCUT2D eigenvalue weighted by atomic mass is 16.5.